The van der Waals surface area contributed by atoms with E-state index in [-0.39, 0.29) is 11.8 Å². The summed E-state index contributed by atoms with van der Waals surface area (Å²) in [6.45, 7) is 10.8. The van der Waals surface area contributed by atoms with Crippen molar-refractivity contribution in [3.63, 3.8) is 0 Å². The van der Waals surface area contributed by atoms with E-state index in [4.69, 9.17) is 0 Å². The Morgan fingerprint density at radius 1 is 1.16 bits per heavy atom. The van der Waals surface area contributed by atoms with E-state index in [9.17, 15) is 4.79 Å². The lowest BCUT2D eigenvalue weighted by atomic mass is 9.90. The maximum Gasteiger partial charge on any atom is 0.179 e. The Morgan fingerprint density at radius 3 is 2.21 bits per heavy atom. The predicted octanol–water partition coefficient (Wildman–Crippen LogP) is 3.54. The average Bonchev–Trinajstić information content (AvgIpc) is 2.37. The van der Waals surface area contributed by atoms with Crippen molar-refractivity contribution >= 4 is 5.78 Å². The van der Waals surface area contributed by atoms with Gasteiger partial charge in [0.15, 0.2) is 5.78 Å². The Labute approximate surface area is 116 Å². The molecular weight excluding hydrogens is 234 g/mol. The van der Waals surface area contributed by atoms with E-state index in [2.05, 4.69) is 18.7 Å². The summed E-state index contributed by atoms with van der Waals surface area (Å²) >= 11 is 0. The second kappa shape index (κ2) is 5.87. The fourth-order valence-electron chi connectivity index (χ4n) is 3.15. The smallest absolute Gasteiger partial charge is 0.179 e. The number of nitrogens with zero attached hydrogens (tertiary/aromatic N) is 1. The summed E-state index contributed by atoms with van der Waals surface area (Å²) in [6.07, 6.45) is 1.28. The minimum absolute atomic E-state index is 0.00657. The summed E-state index contributed by atoms with van der Waals surface area (Å²) in [7, 11) is 0. The van der Waals surface area contributed by atoms with Crippen LogP contribution in [0, 0.1) is 18.8 Å². The molecule has 19 heavy (non-hydrogen) atoms. The normalized spacial score (nSPS) is 26.1. The van der Waals surface area contributed by atoms with Gasteiger partial charge in [-0.1, -0.05) is 43.7 Å². The zero-order valence-electron chi connectivity index (χ0n) is 12.5. The number of Topliss-reactive ketones (excluding diaryl/α,β-unsaturated/α-hetero) is 1. The van der Waals surface area contributed by atoms with Gasteiger partial charge in [-0.15, -0.1) is 0 Å². The maximum atomic E-state index is 12.5. The monoisotopic (exact) mass is 259 g/mol. The van der Waals surface area contributed by atoms with Gasteiger partial charge in [-0.3, -0.25) is 9.69 Å². The van der Waals surface area contributed by atoms with Crippen LogP contribution < -0.4 is 0 Å². The third kappa shape index (κ3) is 3.44. The number of benzene rings is 1. The largest absolute Gasteiger partial charge is 0.293 e. The lowest BCUT2D eigenvalue weighted by Gasteiger charge is -2.38. The van der Waals surface area contributed by atoms with E-state index in [0.29, 0.717) is 11.8 Å². The molecule has 0 spiro atoms. The first-order valence-corrected chi connectivity index (χ1v) is 7.32. The molecule has 1 aliphatic rings. The van der Waals surface area contributed by atoms with Gasteiger partial charge in [-0.2, -0.15) is 0 Å². The summed E-state index contributed by atoms with van der Waals surface area (Å²) in [5, 5.41) is 0. The average molecular weight is 259 g/mol. The Kier molecular flexibility index (Phi) is 4.41. The van der Waals surface area contributed by atoms with Crippen molar-refractivity contribution in [3.8, 4) is 0 Å². The number of hydrogen-bond donors (Lipinski definition) is 0. The molecule has 0 N–H and O–H groups in total. The zero-order valence-corrected chi connectivity index (χ0v) is 12.5. The molecule has 3 atom stereocenters. The van der Waals surface area contributed by atoms with Crippen molar-refractivity contribution in [2.24, 2.45) is 11.8 Å². The number of ketones is 1. The highest BCUT2D eigenvalue weighted by molar-refractivity contribution is 5.99. The van der Waals surface area contributed by atoms with Crippen molar-refractivity contribution in [1.82, 2.24) is 4.90 Å². The quantitative estimate of drug-likeness (QED) is 0.774. The number of carbonyl (C=O) groups is 1. The van der Waals surface area contributed by atoms with Crippen LogP contribution >= 0.6 is 0 Å². The highest BCUT2D eigenvalue weighted by atomic mass is 16.1. The first kappa shape index (κ1) is 14.3. The van der Waals surface area contributed by atoms with Crippen LogP contribution in [0.15, 0.2) is 24.3 Å². The molecule has 2 rings (SSSR count). The topological polar surface area (TPSA) is 20.3 Å². The maximum absolute atomic E-state index is 12.5. The van der Waals surface area contributed by atoms with Gasteiger partial charge in [0.1, 0.15) is 0 Å². The van der Waals surface area contributed by atoms with Crippen LogP contribution in [0.5, 0.6) is 0 Å². The number of rotatable bonds is 3. The van der Waals surface area contributed by atoms with E-state index < -0.39 is 0 Å². The van der Waals surface area contributed by atoms with Gasteiger partial charge in [0.2, 0.25) is 0 Å². The number of carbonyl (C=O) groups excluding carboxylic acids is 1. The third-order valence-electron chi connectivity index (χ3n) is 4.16. The van der Waals surface area contributed by atoms with Crippen molar-refractivity contribution < 1.29 is 4.79 Å². The van der Waals surface area contributed by atoms with E-state index in [1.165, 1.54) is 12.0 Å². The molecule has 0 radical (unpaired) electrons. The van der Waals surface area contributed by atoms with E-state index in [1.54, 1.807) is 0 Å². The fourth-order valence-corrected chi connectivity index (χ4v) is 3.15. The molecule has 2 heteroatoms. The van der Waals surface area contributed by atoms with Crippen LogP contribution in [0.2, 0.25) is 0 Å². The Morgan fingerprint density at radius 2 is 1.68 bits per heavy atom. The fraction of sp³-hybridized carbons (Fsp3) is 0.588. The standard InChI is InChI=1S/C17H25NO/c1-12-5-7-16(8-6-12)17(19)15(4)18-10-13(2)9-14(3)11-18/h5-8,13-15H,9-11H2,1-4H3. The van der Waals surface area contributed by atoms with Crippen molar-refractivity contribution in [3.05, 3.63) is 35.4 Å². The van der Waals surface area contributed by atoms with Crippen LogP contribution in [-0.4, -0.2) is 29.8 Å². The first-order chi connectivity index (χ1) is 8.97. The lowest BCUT2D eigenvalue weighted by molar-refractivity contribution is 0.0686. The Hall–Kier alpha value is -1.15. The molecule has 1 fully saturated rings. The highest BCUT2D eigenvalue weighted by Crippen LogP contribution is 2.23. The minimum Gasteiger partial charge on any atom is -0.293 e. The van der Waals surface area contributed by atoms with Crippen LogP contribution in [0.4, 0.5) is 0 Å². The highest BCUT2D eigenvalue weighted by Gasteiger charge is 2.29. The van der Waals surface area contributed by atoms with Crippen LogP contribution in [0.1, 0.15) is 43.1 Å². The summed E-state index contributed by atoms with van der Waals surface area (Å²) < 4.78 is 0. The van der Waals surface area contributed by atoms with Gasteiger partial charge in [0, 0.05) is 18.7 Å². The van der Waals surface area contributed by atoms with Crippen LogP contribution in [-0.2, 0) is 0 Å². The Bertz CT molecular complexity index is 427. The molecule has 0 amide bonds. The van der Waals surface area contributed by atoms with Gasteiger partial charge in [0.25, 0.3) is 0 Å². The molecule has 0 aliphatic carbocycles. The van der Waals surface area contributed by atoms with Gasteiger partial charge >= 0.3 is 0 Å². The minimum atomic E-state index is -0.00657. The van der Waals surface area contributed by atoms with Crippen molar-refractivity contribution in [2.45, 2.75) is 40.2 Å². The second-order valence-electron chi connectivity index (χ2n) is 6.31. The SMILES string of the molecule is Cc1ccc(C(=O)C(C)N2CC(C)CC(C)C2)cc1. The summed E-state index contributed by atoms with van der Waals surface area (Å²) in [5.41, 5.74) is 2.04. The second-order valence-corrected chi connectivity index (χ2v) is 6.31. The van der Waals surface area contributed by atoms with E-state index >= 15 is 0 Å². The molecule has 0 bridgehead atoms. The zero-order chi connectivity index (χ0) is 14.0. The van der Waals surface area contributed by atoms with Gasteiger partial charge < -0.3 is 0 Å². The summed E-state index contributed by atoms with van der Waals surface area (Å²) in [4.78, 5) is 14.9. The molecule has 1 aliphatic heterocycles. The van der Waals surface area contributed by atoms with Crippen molar-refractivity contribution in [2.75, 3.05) is 13.1 Å². The first-order valence-electron chi connectivity index (χ1n) is 7.32. The van der Waals surface area contributed by atoms with Crippen LogP contribution in [0.25, 0.3) is 0 Å². The van der Waals surface area contributed by atoms with Crippen molar-refractivity contribution in [1.29, 1.82) is 0 Å². The number of hydrogen-bond acceptors (Lipinski definition) is 2. The summed E-state index contributed by atoms with van der Waals surface area (Å²) in [5.74, 6) is 1.63. The molecule has 1 aromatic rings. The number of aryl methyl sites for hydroxylation is 1. The molecule has 0 aromatic heterocycles. The molecule has 1 saturated heterocycles. The number of piperidine rings is 1. The molecule has 0 saturated carbocycles. The molecule has 104 valence electrons. The molecule has 2 nitrogen and oxygen atoms in total. The van der Waals surface area contributed by atoms with Crippen LogP contribution in [0.3, 0.4) is 0 Å². The lowest BCUT2D eigenvalue weighted by Crippen LogP contribution is -2.47. The van der Waals surface area contributed by atoms with Gasteiger partial charge in [-0.25, -0.2) is 0 Å². The van der Waals surface area contributed by atoms with E-state index in [0.717, 1.165) is 18.7 Å². The Balaban J connectivity index is 2.08. The van der Waals surface area contributed by atoms with Gasteiger partial charge in [0.05, 0.1) is 6.04 Å². The molecule has 3 unspecified atom stereocenters. The number of likely N-dealkylation sites (tertiary alicyclic amines) is 1. The summed E-state index contributed by atoms with van der Waals surface area (Å²) in [6, 6.07) is 7.92. The predicted molar refractivity (Wildman–Crippen MR) is 79.5 cm³/mol. The van der Waals surface area contributed by atoms with E-state index in [1.807, 2.05) is 38.1 Å². The molecular formula is C17H25NO. The molecule has 1 aromatic carbocycles. The molecule has 1 heterocycles. The third-order valence-corrected chi connectivity index (χ3v) is 4.16. The van der Waals surface area contributed by atoms with Gasteiger partial charge in [-0.05, 0) is 32.1 Å².